The SMILES string of the molecule is CC.CC.CCC(C)CC#Cc1cncc(CN(C[C@H](C)CC)C(=O)C(C)(C)CC(F)F)c1. The van der Waals surface area contributed by atoms with Crippen LogP contribution in [0.15, 0.2) is 18.5 Å². The Morgan fingerprint density at radius 2 is 1.64 bits per heavy atom. The van der Waals surface area contributed by atoms with E-state index >= 15 is 0 Å². The van der Waals surface area contributed by atoms with E-state index in [9.17, 15) is 13.6 Å². The minimum absolute atomic E-state index is 0.244. The van der Waals surface area contributed by atoms with Crippen molar-refractivity contribution in [2.45, 2.75) is 108 Å². The lowest BCUT2D eigenvalue weighted by atomic mass is 9.87. The van der Waals surface area contributed by atoms with Crippen LogP contribution in [0, 0.1) is 29.1 Å². The molecule has 3 nitrogen and oxygen atoms in total. The van der Waals surface area contributed by atoms with Gasteiger partial charge in [-0.2, -0.15) is 0 Å². The second kappa shape index (κ2) is 18.5. The molecule has 0 bridgehead atoms. The number of aromatic nitrogens is 1. The third kappa shape index (κ3) is 14.0. The maximum absolute atomic E-state index is 13.1. The van der Waals surface area contributed by atoms with Crippen LogP contribution in [0.2, 0.25) is 0 Å². The smallest absolute Gasteiger partial charge is 0.239 e. The lowest BCUT2D eigenvalue weighted by Gasteiger charge is -2.33. The molecule has 1 rings (SSSR count). The molecule has 0 aliphatic rings. The Kier molecular flexibility index (Phi) is 18.6. The molecule has 0 N–H and O–H groups in total. The molecule has 0 aromatic carbocycles. The van der Waals surface area contributed by atoms with Gasteiger partial charge in [-0.1, -0.05) is 93.9 Å². The zero-order chi connectivity index (χ0) is 26.0. The number of carbonyl (C=O) groups excluding carboxylic acids is 1. The number of carbonyl (C=O) groups is 1. The first-order valence-electron chi connectivity index (χ1n) is 12.6. The lowest BCUT2D eigenvalue weighted by Crippen LogP contribution is -2.43. The predicted octanol–water partition coefficient (Wildman–Crippen LogP) is 7.98. The molecule has 190 valence electrons. The van der Waals surface area contributed by atoms with Gasteiger partial charge < -0.3 is 4.90 Å². The highest BCUT2D eigenvalue weighted by Crippen LogP contribution is 2.28. The van der Waals surface area contributed by atoms with Crippen molar-refractivity contribution in [1.29, 1.82) is 0 Å². The molecule has 1 aromatic heterocycles. The average Bonchev–Trinajstić information content (AvgIpc) is 2.80. The Morgan fingerprint density at radius 3 is 2.15 bits per heavy atom. The first-order chi connectivity index (χ1) is 15.6. The number of hydrogen-bond acceptors (Lipinski definition) is 2. The fourth-order valence-electron chi connectivity index (χ4n) is 2.96. The Morgan fingerprint density at radius 1 is 1.06 bits per heavy atom. The third-order valence-electron chi connectivity index (χ3n) is 5.31. The average molecular weight is 467 g/mol. The van der Waals surface area contributed by atoms with Crippen molar-refractivity contribution in [2.24, 2.45) is 17.3 Å². The van der Waals surface area contributed by atoms with Gasteiger partial charge in [-0.15, -0.1) is 0 Å². The molecule has 2 atom stereocenters. The van der Waals surface area contributed by atoms with E-state index in [1.165, 1.54) is 0 Å². The summed E-state index contributed by atoms with van der Waals surface area (Å²) in [4.78, 5) is 19.0. The second-order valence-corrected chi connectivity index (χ2v) is 8.78. The molecular weight excluding hydrogens is 418 g/mol. The zero-order valence-corrected chi connectivity index (χ0v) is 22.8. The van der Waals surface area contributed by atoms with Gasteiger partial charge in [-0.3, -0.25) is 9.78 Å². The van der Waals surface area contributed by atoms with Crippen LogP contribution in [-0.4, -0.2) is 28.8 Å². The molecule has 0 spiro atoms. The summed E-state index contributed by atoms with van der Waals surface area (Å²) in [6, 6.07) is 1.94. The molecule has 1 aromatic rings. The van der Waals surface area contributed by atoms with Crippen molar-refractivity contribution in [1.82, 2.24) is 9.88 Å². The van der Waals surface area contributed by atoms with E-state index in [0.717, 1.165) is 30.4 Å². The summed E-state index contributed by atoms with van der Waals surface area (Å²) in [7, 11) is 0. The Bertz CT molecular complexity index is 707. The van der Waals surface area contributed by atoms with Crippen LogP contribution in [0.3, 0.4) is 0 Å². The van der Waals surface area contributed by atoms with Gasteiger partial charge in [0.25, 0.3) is 0 Å². The molecular formula is C28H48F2N2O. The monoisotopic (exact) mass is 466 g/mol. The van der Waals surface area contributed by atoms with Gasteiger partial charge in [0.15, 0.2) is 0 Å². The number of hydrogen-bond donors (Lipinski definition) is 0. The standard InChI is InChI=1S/C24H36F2N2O.2C2H6/c1-7-18(3)10-9-11-20-12-21(15-27-14-20)17-28(16-19(4)8-2)23(29)24(5,6)13-22(25)26;2*1-2/h12,14-15,18-19,22H,7-8,10,13,16-17H2,1-6H3;2*1-2H3/t18?,19-;;/m1../s1. The van der Waals surface area contributed by atoms with E-state index in [4.69, 9.17) is 0 Å². The van der Waals surface area contributed by atoms with Crippen molar-refractivity contribution in [3.8, 4) is 11.8 Å². The van der Waals surface area contributed by atoms with E-state index < -0.39 is 18.3 Å². The minimum atomic E-state index is -2.51. The Balaban J connectivity index is 0. The van der Waals surface area contributed by atoms with Gasteiger partial charge in [0.1, 0.15) is 0 Å². The topological polar surface area (TPSA) is 33.2 Å². The number of halogens is 2. The summed E-state index contributed by atoms with van der Waals surface area (Å²) in [6.07, 6.45) is 3.33. The van der Waals surface area contributed by atoms with E-state index in [2.05, 4.69) is 44.5 Å². The molecule has 1 unspecified atom stereocenters. The molecule has 5 heteroatoms. The normalized spacial score (nSPS) is 12.3. The molecule has 0 saturated heterocycles. The summed E-state index contributed by atoms with van der Waals surface area (Å²) in [5.41, 5.74) is 0.571. The largest absolute Gasteiger partial charge is 0.338 e. The van der Waals surface area contributed by atoms with Crippen molar-refractivity contribution in [3.05, 3.63) is 29.6 Å². The fourth-order valence-corrected chi connectivity index (χ4v) is 2.96. The zero-order valence-electron chi connectivity index (χ0n) is 22.8. The van der Waals surface area contributed by atoms with Crippen molar-refractivity contribution >= 4 is 5.91 Å². The molecule has 1 amide bonds. The molecule has 0 aliphatic heterocycles. The van der Waals surface area contributed by atoms with Crippen LogP contribution in [0.4, 0.5) is 8.78 Å². The maximum Gasteiger partial charge on any atom is 0.239 e. The van der Waals surface area contributed by atoms with Crippen molar-refractivity contribution in [3.63, 3.8) is 0 Å². The summed E-state index contributed by atoms with van der Waals surface area (Å²) >= 11 is 0. The van der Waals surface area contributed by atoms with Gasteiger partial charge in [0, 0.05) is 49.3 Å². The molecule has 0 saturated carbocycles. The van der Waals surface area contributed by atoms with Crippen LogP contribution in [-0.2, 0) is 11.3 Å². The number of pyridine rings is 1. The van der Waals surface area contributed by atoms with Crippen LogP contribution in [0.5, 0.6) is 0 Å². The van der Waals surface area contributed by atoms with Gasteiger partial charge in [-0.25, -0.2) is 8.78 Å². The first-order valence-corrected chi connectivity index (χ1v) is 12.6. The summed E-state index contributed by atoms with van der Waals surface area (Å²) < 4.78 is 25.9. The van der Waals surface area contributed by atoms with Crippen molar-refractivity contribution in [2.75, 3.05) is 6.54 Å². The van der Waals surface area contributed by atoms with Gasteiger partial charge in [-0.05, 0) is 23.5 Å². The van der Waals surface area contributed by atoms with Crippen LogP contribution in [0.25, 0.3) is 0 Å². The Hall–Kier alpha value is -1.96. The minimum Gasteiger partial charge on any atom is -0.338 e. The quantitative estimate of drug-likeness (QED) is 0.327. The summed E-state index contributed by atoms with van der Waals surface area (Å²) in [5, 5.41) is 0. The van der Waals surface area contributed by atoms with E-state index in [1.54, 1.807) is 31.1 Å². The number of alkyl halides is 2. The second-order valence-electron chi connectivity index (χ2n) is 8.78. The van der Waals surface area contributed by atoms with E-state index in [1.807, 2.05) is 33.8 Å². The molecule has 0 aliphatic carbocycles. The highest BCUT2D eigenvalue weighted by molar-refractivity contribution is 5.82. The van der Waals surface area contributed by atoms with Crippen LogP contribution < -0.4 is 0 Å². The molecule has 1 heterocycles. The molecule has 0 fully saturated rings. The van der Waals surface area contributed by atoms with Gasteiger partial charge in [0.2, 0.25) is 12.3 Å². The van der Waals surface area contributed by atoms with Gasteiger partial charge >= 0.3 is 0 Å². The number of nitrogens with zero attached hydrogens (tertiary/aromatic N) is 2. The fraction of sp³-hybridized carbons (Fsp3) is 0.714. The highest BCUT2D eigenvalue weighted by Gasteiger charge is 2.35. The third-order valence-corrected chi connectivity index (χ3v) is 5.31. The van der Waals surface area contributed by atoms with Gasteiger partial charge in [0.05, 0.1) is 0 Å². The summed E-state index contributed by atoms with van der Waals surface area (Å²) in [6.45, 7) is 20.5. The Labute approximate surface area is 202 Å². The molecule has 33 heavy (non-hydrogen) atoms. The number of rotatable bonds is 10. The maximum atomic E-state index is 13.1. The predicted molar refractivity (Wildman–Crippen MR) is 137 cm³/mol. The van der Waals surface area contributed by atoms with Crippen LogP contribution in [0.1, 0.15) is 106 Å². The molecule has 0 radical (unpaired) electrons. The lowest BCUT2D eigenvalue weighted by molar-refractivity contribution is -0.144. The van der Waals surface area contributed by atoms with Crippen LogP contribution >= 0.6 is 0 Å². The van der Waals surface area contributed by atoms with E-state index in [-0.39, 0.29) is 11.8 Å². The van der Waals surface area contributed by atoms with E-state index in [0.29, 0.717) is 19.0 Å². The first kappa shape index (κ1) is 33.2. The van der Waals surface area contributed by atoms with Crippen molar-refractivity contribution < 1.29 is 13.6 Å². The summed E-state index contributed by atoms with van der Waals surface area (Å²) in [5.74, 6) is 6.93. The highest BCUT2D eigenvalue weighted by atomic mass is 19.3. The number of amides is 1.